The number of nitrogens with one attached hydrogen (secondary N) is 3. The maximum Gasteiger partial charge on any atom is 0.247 e. The molecule has 1 heterocycles. The molecule has 3 rings (SSSR count). The highest BCUT2D eigenvalue weighted by atomic mass is 16.2. The second kappa shape index (κ2) is 7.21. The van der Waals surface area contributed by atoms with Gasteiger partial charge >= 0.3 is 0 Å². The van der Waals surface area contributed by atoms with E-state index in [2.05, 4.69) is 15.6 Å². The van der Waals surface area contributed by atoms with Gasteiger partial charge in [-0.2, -0.15) is 0 Å². The first kappa shape index (κ1) is 16.8. The third kappa shape index (κ3) is 4.07. The Balaban J connectivity index is 1.81. The summed E-state index contributed by atoms with van der Waals surface area (Å²) in [6.07, 6.45) is 2.31. The fraction of sp³-hybridized carbons (Fsp3) is 0.200. The van der Waals surface area contributed by atoms with Crippen LogP contribution in [0.3, 0.4) is 0 Å². The highest BCUT2D eigenvalue weighted by molar-refractivity contribution is 5.97. The molecular formula is C20H21N3O2. The Labute approximate surface area is 146 Å². The number of anilines is 1. The van der Waals surface area contributed by atoms with Crippen molar-refractivity contribution in [2.75, 3.05) is 5.32 Å². The van der Waals surface area contributed by atoms with Gasteiger partial charge in [0, 0.05) is 36.1 Å². The van der Waals surface area contributed by atoms with Gasteiger partial charge in [-0.3, -0.25) is 9.59 Å². The zero-order chi connectivity index (χ0) is 17.8. The number of benzene rings is 2. The molecule has 0 spiro atoms. The Morgan fingerprint density at radius 2 is 1.92 bits per heavy atom. The van der Waals surface area contributed by atoms with E-state index in [1.54, 1.807) is 0 Å². The molecule has 3 aromatic rings. The Morgan fingerprint density at radius 3 is 2.68 bits per heavy atom. The molecular weight excluding hydrogens is 314 g/mol. The number of carbonyl (C=O) groups excluding carboxylic acids is 2. The van der Waals surface area contributed by atoms with E-state index in [1.807, 2.05) is 61.7 Å². The minimum Gasteiger partial charge on any atom is -0.361 e. The molecule has 2 amide bonds. The van der Waals surface area contributed by atoms with E-state index in [0.717, 1.165) is 27.7 Å². The molecule has 1 atom stereocenters. The van der Waals surface area contributed by atoms with Gasteiger partial charge in [0.25, 0.3) is 0 Å². The highest BCUT2D eigenvalue weighted by Gasteiger charge is 2.21. The molecule has 0 unspecified atom stereocenters. The lowest BCUT2D eigenvalue weighted by molar-refractivity contribution is -0.125. The smallest absolute Gasteiger partial charge is 0.247 e. The average Bonchev–Trinajstić information content (AvgIpc) is 2.97. The van der Waals surface area contributed by atoms with E-state index in [0.29, 0.717) is 6.42 Å². The summed E-state index contributed by atoms with van der Waals surface area (Å²) >= 11 is 0. The second-order valence-electron chi connectivity index (χ2n) is 6.18. The molecule has 128 valence electrons. The molecule has 0 aliphatic heterocycles. The second-order valence-corrected chi connectivity index (χ2v) is 6.18. The first-order chi connectivity index (χ1) is 12.0. The van der Waals surface area contributed by atoms with Gasteiger partial charge in [0.15, 0.2) is 0 Å². The normalized spacial score (nSPS) is 11.9. The monoisotopic (exact) mass is 335 g/mol. The van der Waals surface area contributed by atoms with Crippen LogP contribution in [0.2, 0.25) is 0 Å². The predicted octanol–water partition coefficient (Wildman–Crippen LogP) is 3.16. The minimum absolute atomic E-state index is 0.230. The van der Waals surface area contributed by atoms with Crippen molar-refractivity contribution < 1.29 is 9.59 Å². The maximum atomic E-state index is 12.7. The Morgan fingerprint density at radius 1 is 1.12 bits per heavy atom. The van der Waals surface area contributed by atoms with Crippen molar-refractivity contribution in [3.63, 3.8) is 0 Å². The van der Waals surface area contributed by atoms with Crippen LogP contribution in [0.25, 0.3) is 10.9 Å². The highest BCUT2D eigenvalue weighted by Crippen LogP contribution is 2.19. The van der Waals surface area contributed by atoms with E-state index >= 15 is 0 Å². The molecule has 0 aliphatic carbocycles. The zero-order valence-electron chi connectivity index (χ0n) is 14.3. The maximum absolute atomic E-state index is 12.7. The molecule has 5 nitrogen and oxygen atoms in total. The number of amides is 2. The molecule has 2 aromatic carbocycles. The number of H-pyrrole nitrogens is 1. The van der Waals surface area contributed by atoms with Gasteiger partial charge in [-0.25, -0.2) is 0 Å². The number of aromatic amines is 1. The van der Waals surface area contributed by atoms with Crippen molar-refractivity contribution in [1.82, 2.24) is 10.3 Å². The van der Waals surface area contributed by atoms with Crippen molar-refractivity contribution in [2.45, 2.75) is 26.3 Å². The number of para-hydroxylation sites is 1. The van der Waals surface area contributed by atoms with Crippen molar-refractivity contribution >= 4 is 28.4 Å². The number of hydrogen-bond acceptors (Lipinski definition) is 2. The van der Waals surface area contributed by atoms with E-state index in [-0.39, 0.29) is 11.8 Å². The number of aryl methyl sites for hydroxylation is 1. The summed E-state index contributed by atoms with van der Waals surface area (Å²) in [5, 5.41) is 6.69. The number of carbonyl (C=O) groups is 2. The number of aromatic nitrogens is 1. The van der Waals surface area contributed by atoms with Crippen LogP contribution in [-0.2, 0) is 16.0 Å². The summed E-state index contributed by atoms with van der Waals surface area (Å²) in [5.41, 5.74) is 3.79. The number of fused-ring (bicyclic) bond motifs is 1. The minimum atomic E-state index is -0.641. The summed E-state index contributed by atoms with van der Waals surface area (Å²) in [5.74, 6) is -0.463. The lowest BCUT2D eigenvalue weighted by Crippen LogP contribution is -2.44. The summed E-state index contributed by atoms with van der Waals surface area (Å²) < 4.78 is 0. The standard InChI is InChI=1S/C20H21N3O2/c1-13-6-5-7-16(10-13)23-20(25)19(22-14(2)24)11-15-12-21-18-9-4-3-8-17(15)18/h3-10,12,19,21H,11H2,1-2H3,(H,22,24)(H,23,25)/t19-/m0/s1. The van der Waals surface area contributed by atoms with Crippen molar-refractivity contribution in [1.29, 1.82) is 0 Å². The molecule has 0 aliphatic rings. The Kier molecular flexibility index (Phi) is 4.84. The first-order valence-electron chi connectivity index (χ1n) is 8.22. The fourth-order valence-electron chi connectivity index (χ4n) is 2.93. The summed E-state index contributed by atoms with van der Waals surface area (Å²) in [4.78, 5) is 27.4. The Bertz CT molecular complexity index is 914. The van der Waals surface area contributed by atoms with E-state index in [1.165, 1.54) is 6.92 Å². The van der Waals surface area contributed by atoms with Crippen molar-refractivity contribution in [3.8, 4) is 0 Å². The molecule has 25 heavy (non-hydrogen) atoms. The van der Waals surface area contributed by atoms with Crippen LogP contribution >= 0.6 is 0 Å². The molecule has 3 N–H and O–H groups in total. The lowest BCUT2D eigenvalue weighted by Gasteiger charge is -2.17. The van der Waals surface area contributed by atoms with Gasteiger partial charge in [-0.15, -0.1) is 0 Å². The third-order valence-electron chi connectivity index (χ3n) is 4.08. The van der Waals surface area contributed by atoms with Crippen LogP contribution in [0.15, 0.2) is 54.7 Å². The predicted molar refractivity (Wildman–Crippen MR) is 99.4 cm³/mol. The van der Waals surface area contributed by atoms with Gasteiger partial charge in [-0.1, -0.05) is 30.3 Å². The van der Waals surface area contributed by atoms with E-state index in [9.17, 15) is 9.59 Å². The molecule has 5 heteroatoms. The van der Waals surface area contributed by atoms with Gasteiger partial charge in [0.1, 0.15) is 6.04 Å². The van der Waals surface area contributed by atoms with Gasteiger partial charge in [0.05, 0.1) is 0 Å². The van der Waals surface area contributed by atoms with Crippen LogP contribution in [0, 0.1) is 6.92 Å². The van der Waals surface area contributed by atoms with Crippen LogP contribution in [0.1, 0.15) is 18.1 Å². The SMILES string of the molecule is CC(=O)N[C@@H](Cc1c[nH]c2ccccc12)C(=O)Nc1cccc(C)c1. The molecule has 0 fully saturated rings. The summed E-state index contributed by atoms with van der Waals surface area (Å²) in [6, 6.07) is 14.8. The van der Waals surface area contributed by atoms with Crippen molar-refractivity contribution in [3.05, 3.63) is 65.9 Å². The number of hydrogen-bond donors (Lipinski definition) is 3. The van der Waals surface area contributed by atoms with Gasteiger partial charge < -0.3 is 15.6 Å². The number of rotatable bonds is 5. The average molecular weight is 335 g/mol. The quantitative estimate of drug-likeness (QED) is 0.670. The largest absolute Gasteiger partial charge is 0.361 e. The molecule has 0 bridgehead atoms. The zero-order valence-corrected chi connectivity index (χ0v) is 14.3. The summed E-state index contributed by atoms with van der Waals surface area (Å²) in [7, 11) is 0. The Hall–Kier alpha value is -3.08. The van der Waals surface area contributed by atoms with Gasteiger partial charge in [0.2, 0.25) is 11.8 Å². The van der Waals surface area contributed by atoms with Crippen LogP contribution < -0.4 is 10.6 Å². The fourth-order valence-corrected chi connectivity index (χ4v) is 2.93. The van der Waals surface area contributed by atoms with Crippen molar-refractivity contribution in [2.24, 2.45) is 0 Å². The van der Waals surface area contributed by atoms with Crippen LogP contribution in [0.4, 0.5) is 5.69 Å². The van der Waals surface area contributed by atoms with E-state index in [4.69, 9.17) is 0 Å². The third-order valence-corrected chi connectivity index (χ3v) is 4.08. The first-order valence-corrected chi connectivity index (χ1v) is 8.22. The molecule has 0 saturated heterocycles. The van der Waals surface area contributed by atoms with Crippen LogP contribution in [-0.4, -0.2) is 22.8 Å². The molecule has 0 saturated carbocycles. The van der Waals surface area contributed by atoms with Gasteiger partial charge in [-0.05, 0) is 36.2 Å². The summed E-state index contributed by atoms with van der Waals surface area (Å²) in [6.45, 7) is 3.38. The van der Waals surface area contributed by atoms with E-state index < -0.39 is 6.04 Å². The topological polar surface area (TPSA) is 74.0 Å². The van der Waals surface area contributed by atoms with Crippen LogP contribution in [0.5, 0.6) is 0 Å². The lowest BCUT2D eigenvalue weighted by atomic mass is 10.0. The molecule has 0 radical (unpaired) electrons. The molecule has 1 aromatic heterocycles.